The SMILES string of the molecule is NC(=O)CN(CC(N)=O)S(=O)(=O)c1ccc(C(=O)O)cn1. The Morgan fingerprint density at radius 1 is 1.14 bits per heavy atom. The third-order valence-electron chi connectivity index (χ3n) is 2.25. The van der Waals surface area contributed by atoms with Crippen LogP contribution in [-0.4, -0.2) is 53.7 Å². The van der Waals surface area contributed by atoms with Crippen molar-refractivity contribution < 1.29 is 27.9 Å². The lowest BCUT2D eigenvalue weighted by Crippen LogP contribution is -2.43. The van der Waals surface area contributed by atoms with Crippen molar-refractivity contribution in [3.05, 3.63) is 23.9 Å². The third-order valence-corrected chi connectivity index (χ3v) is 3.96. The quantitative estimate of drug-likeness (QED) is 0.508. The molecular weight excluding hydrogens is 304 g/mol. The van der Waals surface area contributed by atoms with E-state index in [0.717, 1.165) is 18.3 Å². The van der Waals surface area contributed by atoms with Gasteiger partial charge in [0.15, 0.2) is 5.03 Å². The highest BCUT2D eigenvalue weighted by Gasteiger charge is 2.28. The van der Waals surface area contributed by atoms with Gasteiger partial charge in [0, 0.05) is 6.20 Å². The van der Waals surface area contributed by atoms with Crippen LogP contribution in [0.5, 0.6) is 0 Å². The first-order chi connectivity index (χ1) is 9.64. The summed E-state index contributed by atoms with van der Waals surface area (Å²) in [6.07, 6.45) is 0.835. The van der Waals surface area contributed by atoms with Gasteiger partial charge in [-0.25, -0.2) is 18.2 Å². The second-order valence-electron chi connectivity index (χ2n) is 3.90. The molecule has 21 heavy (non-hydrogen) atoms. The number of primary amides is 2. The molecule has 1 aromatic rings. The predicted octanol–water partition coefficient (Wildman–Crippen LogP) is -2.26. The molecule has 0 saturated heterocycles. The van der Waals surface area contributed by atoms with Gasteiger partial charge in [0.05, 0.1) is 18.7 Å². The highest BCUT2D eigenvalue weighted by Crippen LogP contribution is 2.13. The minimum atomic E-state index is -4.31. The molecule has 0 aliphatic carbocycles. The number of aromatic carboxylic acids is 1. The number of carboxylic acids is 1. The molecule has 0 unspecified atom stereocenters. The molecule has 2 amide bonds. The molecule has 0 bridgehead atoms. The van der Waals surface area contributed by atoms with E-state index in [1.807, 2.05) is 0 Å². The van der Waals surface area contributed by atoms with Gasteiger partial charge in [-0.1, -0.05) is 0 Å². The summed E-state index contributed by atoms with van der Waals surface area (Å²) >= 11 is 0. The molecular formula is C10H12N4O6S. The molecule has 0 aliphatic rings. The number of aromatic nitrogens is 1. The van der Waals surface area contributed by atoms with Crippen LogP contribution in [0.2, 0.25) is 0 Å². The molecule has 0 fully saturated rings. The molecule has 1 heterocycles. The van der Waals surface area contributed by atoms with E-state index in [4.69, 9.17) is 16.6 Å². The molecule has 0 spiro atoms. The Kier molecular flexibility index (Phi) is 4.94. The molecule has 5 N–H and O–H groups in total. The number of amides is 2. The Morgan fingerprint density at radius 3 is 2.00 bits per heavy atom. The van der Waals surface area contributed by atoms with Crippen LogP contribution >= 0.6 is 0 Å². The number of hydrogen-bond donors (Lipinski definition) is 3. The fourth-order valence-electron chi connectivity index (χ4n) is 1.37. The molecule has 10 nitrogen and oxygen atoms in total. The zero-order chi connectivity index (χ0) is 16.2. The van der Waals surface area contributed by atoms with Gasteiger partial charge in [-0.3, -0.25) is 9.59 Å². The summed E-state index contributed by atoms with van der Waals surface area (Å²) in [4.78, 5) is 35.9. The van der Waals surface area contributed by atoms with E-state index in [1.165, 1.54) is 0 Å². The Bertz CT molecular complexity index is 653. The predicted molar refractivity (Wildman–Crippen MR) is 68.3 cm³/mol. The molecule has 11 heteroatoms. The number of pyridine rings is 1. The number of rotatable bonds is 7. The smallest absolute Gasteiger partial charge is 0.337 e. The van der Waals surface area contributed by atoms with Gasteiger partial charge >= 0.3 is 5.97 Å². The number of nitrogens with two attached hydrogens (primary N) is 2. The average molecular weight is 316 g/mol. The zero-order valence-electron chi connectivity index (χ0n) is 10.6. The minimum Gasteiger partial charge on any atom is -0.478 e. The normalized spacial score (nSPS) is 11.3. The molecule has 114 valence electrons. The molecule has 1 aromatic heterocycles. The lowest BCUT2D eigenvalue weighted by atomic mass is 10.3. The molecule has 0 atom stereocenters. The monoisotopic (exact) mass is 316 g/mol. The zero-order valence-corrected chi connectivity index (χ0v) is 11.4. The maximum Gasteiger partial charge on any atom is 0.337 e. The molecule has 0 radical (unpaired) electrons. The maximum atomic E-state index is 12.2. The first-order valence-electron chi connectivity index (χ1n) is 5.40. The summed E-state index contributed by atoms with van der Waals surface area (Å²) in [5, 5.41) is 8.17. The Balaban J connectivity index is 3.17. The van der Waals surface area contributed by atoms with Crippen LogP contribution in [0.15, 0.2) is 23.4 Å². The fourth-order valence-corrected chi connectivity index (χ4v) is 2.65. The van der Waals surface area contributed by atoms with Gasteiger partial charge in [0.1, 0.15) is 0 Å². The molecule has 0 aliphatic heterocycles. The van der Waals surface area contributed by atoms with E-state index in [9.17, 15) is 22.8 Å². The summed E-state index contributed by atoms with van der Waals surface area (Å²) in [6, 6.07) is 1.96. The summed E-state index contributed by atoms with van der Waals surface area (Å²) in [6.45, 7) is -1.51. The van der Waals surface area contributed by atoms with Crippen LogP contribution in [0.1, 0.15) is 10.4 Å². The third kappa shape index (κ3) is 4.22. The lowest BCUT2D eigenvalue weighted by molar-refractivity contribution is -0.120. The van der Waals surface area contributed by atoms with Crippen molar-refractivity contribution in [3.8, 4) is 0 Å². The maximum absolute atomic E-state index is 12.2. The van der Waals surface area contributed by atoms with Crippen molar-refractivity contribution in [3.63, 3.8) is 0 Å². The number of carbonyl (C=O) groups excluding carboxylic acids is 2. The number of carboxylic acid groups (broad SMARTS) is 1. The van der Waals surface area contributed by atoms with E-state index in [0.29, 0.717) is 4.31 Å². The molecule has 1 rings (SSSR count). The van der Waals surface area contributed by atoms with E-state index < -0.39 is 45.9 Å². The summed E-state index contributed by atoms with van der Waals surface area (Å²) in [5.74, 6) is -3.25. The Labute approximate surface area is 119 Å². The number of nitrogens with zero attached hydrogens (tertiary/aromatic N) is 2. The van der Waals surface area contributed by atoms with E-state index in [2.05, 4.69) is 4.98 Å². The van der Waals surface area contributed by atoms with Crippen molar-refractivity contribution in [1.29, 1.82) is 0 Å². The van der Waals surface area contributed by atoms with Gasteiger partial charge in [-0.05, 0) is 12.1 Å². The average Bonchev–Trinajstić information content (AvgIpc) is 2.37. The van der Waals surface area contributed by atoms with Gasteiger partial charge in [0.2, 0.25) is 11.8 Å². The summed E-state index contributed by atoms with van der Waals surface area (Å²) in [7, 11) is -4.31. The van der Waals surface area contributed by atoms with Gasteiger partial charge in [-0.2, -0.15) is 4.31 Å². The fraction of sp³-hybridized carbons (Fsp3) is 0.200. The standard InChI is InChI=1S/C10H12N4O6S/c11-7(15)4-14(5-8(12)16)21(19,20)9-2-1-6(3-13-9)10(17)18/h1-3H,4-5H2,(H2,11,15)(H2,12,16)(H,17,18). The van der Waals surface area contributed by atoms with Crippen LogP contribution in [0.25, 0.3) is 0 Å². The van der Waals surface area contributed by atoms with Crippen LogP contribution in [0.4, 0.5) is 0 Å². The highest BCUT2D eigenvalue weighted by molar-refractivity contribution is 7.89. The summed E-state index contributed by atoms with van der Waals surface area (Å²) in [5.41, 5.74) is 9.61. The van der Waals surface area contributed by atoms with E-state index in [1.54, 1.807) is 0 Å². The van der Waals surface area contributed by atoms with Crippen LogP contribution in [0, 0.1) is 0 Å². The van der Waals surface area contributed by atoms with Crippen molar-refractivity contribution in [1.82, 2.24) is 9.29 Å². The van der Waals surface area contributed by atoms with Gasteiger partial charge < -0.3 is 16.6 Å². The topological polar surface area (TPSA) is 174 Å². The first kappa shape index (κ1) is 16.5. The van der Waals surface area contributed by atoms with E-state index >= 15 is 0 Å². The highest BCUT2D eigenvalue weighted by atomic mass is 32.2. The van der Waals surface area contributed by atoms with Crippen molar-refractivity contribution >= 4 is 27.8 Å². The Hall–Kier alpha value is -2.53. The van der Waals surface area contributed by atoms with E-state index in [-0.39, 0.29) is 5.56 Å². The summed E-state index contributed by atoms with van der Waals surface area (Å²) < 4.78 is 24.8. The van der Waals surface area contributed by atoms with Crippen LogP contribution in [0.3, 0.4) is 0 Å². The molecule has 0 saturated carbocycles. The second-order valence-corrected chi connectivity index (χ2v) is 5.78. The van der Waals surface area contributed by atoms with Gasteiger partial charge in [-0.15, -0.1) is 0 Å². The number of carbonyl (C=O) groups is 3. The lowest BCUT2D eigenvalue weighted by Gasteiger charge is -2.18. The van der Waals surface area contributed by atoms with Crippen molar-refractivity contribution in [2.24, 2.45) is 11.5 Å². The van der Waals surface area contributed by atoms with Crippen LogP contribution in [-0.2, 0) is 19.6 Å². The largest absolute Gasteiger partial charge is 0.478 e. The van der Waals surface area contributed by atoms with Gasteiger partial charge in [0.25, 0.3) is 10.0 Å². The van der Waals surface area contributed by atoms with Crippen molar-refractivity contribution in [2.45, 2.75) is 5.03 Å². The molecule has 0 aromatic carbocycles. The first-order valence-corrected chi connectivity index (χ1v) is 6.84. The Morgan fingerprint density at radius 2 is 1.67 bits per heavy atom. The number of hydrogen-bond acceptors (Lipinski definition) is 6. The van der Waals surface area contributed by atoms with Crippen LogP contribution < -0.4 is 11.5 Å². The minimum absolute atomic E-state index is 0.217. The number of sulfonamides is 1. The van der Waals surface area contributed by atoms with Crippen molar-refractivity contribution in [2.75, 3.05) is 13.1 Å². The second kappa shape index (κ2) is 6.28.